The Bertz CT molecular complexity index is 810. The van der Waals surface area contributed by atoms with Crippen molar-refractivity contribution >= 4 is 36.4 Å². The van der Waals surface area contributed by atoms with Crippen molar-refractivity contribution in [2.24, 2.45) is 0 Å². The molecule has 0 aliphatic carbocycles. The van der Waals surface area contributed by atoms with Gasteiger partial charge >= 0.3 is 0 Å². The van der Waals surface area contributed by atoms with Gasteiger partial charge in [0, 0.05) is 24.7 Å². The van der Waals surface area contributed by atoms with Crippen molar-refractivity contribution < 1.29 is 13.9 Å². The third-order valence-corrected chi connectivity index (χ3v) is 5.59. The average Bonchev–Trinajstić information content (AvgIpc) is 3.16. The van der Waals surface area contributed by atoms with Crippen LogP contribution in [0, 0.1) is 5.82 Å². The second-order valence-corrected chi connectivity index (χ2v) is 7.68. The monoisotopic (exact) mass is 492 g/mol. The average molecular weight is 494 g/mol. The first-order valence-corrected chi connectivity index (χ1v) is 10.8. The molecule has 1 atom stereocenters. The summed E-state index contributed by atoms with van der Waals surface area (Å²) < 4.78 is 25.5. The zero-order chi connectivity index (χ0) is 20.6. The Hall–Kier alpha value is -1.24. The van der Waals surface area contributed by atoms with Crippen LogP contribution in [0.3, 0.4) is 0 Å². The molecule has 1 aliphatic rings. The number of ether oxygens (including phenoxy) is 2. The van der Waals surface area contributed by atoms with Gasteiger partial charge in [-0.15, -0.1) is 24.8 Å². The molecule has 0 amide bonds. The summed E-state index contributed by atoms with van der Waals surface area (Å²) in [4.78, 5) is 2.52. The van der Waals surface area contributed by atoms with Crippen LogP contribution in [0.4, 0.5) is 4.39 Å². The molecule has 2 aromatic rings. The van der Waals surface area contributed by atoms with E-state index in [1.54, 1.807) is 18.2 Å². The van der Waals surface area contributed by atoms with E-state index < -0.39 is 0 Å². The predicted octanol–water partition coefficient (Wildman–Crippen LogP) is 5.87. The van der Waals surface area contributed by atoms with E-state index in [0.29, 0.717) is 41.3 Å². The molecule has 1 fully saturated rings. The quantitative estimate of drug-likeness (QED) is 0.448. The molecule has 1 saturated heterocycles. The SMILES string of the molecule is CCOc1cc(CNCC2CCCN2CC)cc(Cl)c1OCc1ccccc1F.Cl.Cl. The fourth-order valence-electron chi connectivity index (χ4n) is 3.82. The first-order chi connectivity index (χ1) is 14.1. The van der Waals surface area contributed by atoms with Crippen LogP contribution < -0.4 is 14.8 Å². The number of hydrogen-bond acceptors (Lipinski definition) is 4. The highest BCUT2D eigenvalue weighted by molar-refractivity contribution is 6.32. The summed E-state index contributed by atoms with van der Waals surface area (Å²) in [5.41, 5.74) is 1.52. The second kappa shape index (κ2) is 14.0. The Morgan fingerprint density at radius 2 is 1.94 bits per heavy atom. The molecule has 8 heteroatoms. The summed E-state index contributed by atoms with van der Waals surface area (Å²) >= 11 is 6.49. The van der Waals surface area contributed by atoms with Crippen molar-refractivity contribution in [2.75, 3.05) is 26.2 Å². The lowest BCUT2D eigenvalue weighted by molar-refractivity contribution is 0.259. The minimum atomic E-state index is -0.296. The predicted molar refractivity (Wildman–Crippen MR) is 130 cm³/mol. The number of nitrogens with zero attached hydrogens (tertiary/aromatic N) is 1. The minimum Gasteiger partial charge on any atom is -0.490 e. The van der Waals surface area contributed by atoms with Gasteiger partial charge in [-0.25, -0.2) is 4.39 Å². The van der Waals surface area contributed by atoms with Gasteiger partial charge in [0.2, 0.25) is 0 Å². The molecule has 0 spiro atoms. The Morgan fingerprint density at radius 3 is 2.65 bits per heavy atom. The molecule has 1 heterocycles. The standard InChI is InChI=1S/C23H30ClFN2O2.2ClH/c1-3-27-11-7-9-19(27)15-26-14-17-12-20(24)23(22(13-17)28-4-2)29-16-18-8-5-6-10-21(18)25;;/h5-6,8,10,12-13,19,26H,3-4,7,9,11,14-16H2,1-2H3;2*1H. The third kappa shape index (κ3) is 7.69. The molecule has 0 bridgehead atoms. The van der Waals surface area contributed by atoms with E-state index in [9.17, 15) is 4.39 Å². The Kier molecular flexibility index (Phi) is 12.6. The van der Waals surface area contributed by atoms with Crippen LogP contribution in [0.5, 0.6) is 11.5 Å². The van der Waals surface area contributed by atoms with E-state index in [0.717, 1.165) is 18.7 Å². The van der Waals surface area contributed by atoms with Crippen LogP contribution in [-0.4, -0.2) is 37.2 Å². The highest BCUT2D eigenvalue weighted by Gasteiger charge is 2.22. The van der Waals surface area contributed by atoms with Gasteiger partial charge in [-0.3, -0.25) is 4.90 Å². The molecule has 3 rings (SSSR count). The number of likely N-dealkylation sites (N-methyl/N-ethyl adjacent to an activating group) is 1. The van der Waals surface area contributed by atoms with E-state index in [1.165, 1.54) is 25.5 Å². The molecular weight excluding hydrogens is 462 g/mol. The van der Waals surface area contributed by atoms with Crippen LogP contribution in [0.15, 0.2) is 36.4 Å². The van der Waals surface area contributed by atoms with Crippen LogP contribution in [-0.2, 0) is 13.2 Å². The van der Waals surface area contributed by atoms with Gasteiger partial charge in [0.15, 0.2) is 11.5 Å². The number of rotatable bonds is 10. The molecule has 0 aromatic heterocycles. The van der Waals surface area contributed by atoms with E-state index in [1.807, 2.05) is 19.1 Å². The smallest absolute Gasteiger partial charge is 0.180 e. The van der Waals surface area contributed by atoms with E-state index >= 15 is 0 Å². The van der Waals surface area contributed by atoms with Crippen LogP contribution in [0.25, 0.3) is 0 Å². The van der Waals surface area contributed by atoms with Gasteiger partial charge < -0.3 is 14.8 Å². The van der Waals surface area contributed by atoms with Crippen molar-refractivity contribution in [3.05, 3.63) is 58.4 Å². The maximum atomic E-state index is 13.9. The second-order valence-electron chi connectivity index (χ2n) is 7.27. The van der Waals surface area contributed by atoms with E-state index in [4.69, 9.17) is 21.1 Å². The van der Waals surface area contributed by atoms with Gasteiger partial charge in [0.25, 0.3) is 0 Å². The summed E-state index contributed by atoms with van der Waals surface area (Å²) in [6.07, 6.45) is 2.52. The Balaban J connectivity index is 0.00000240. The van der Waals surface area contributed by atoms with Crippen LogP contribution in [0.1, 0.15) is 37.8 Å². The summed E-state index contributed by atoms with van der Waals surface area (Å²) in [7, 11) is 0. The first kappa shape index (κ1) is 27.8. The number of nitrogens with one attached hydrogen (secondary N) is 1. The molecule has 2 aromatic carbocycles. The van der Waals surface area contributed by atoms with Gasteiger partial charge in [0.1, 0.15) is 12.4 Å². The van der Waals surface area contributed by atoms with Gasteiger partial charge in [-0.1, -0.05) is 36.7 Å². The lowest BCUT2D eigenvalue weighted by atomic mass is 10.1. The number of halogens is 4. The van der Waals surface area contributed by atoms with Gasteiger partial charge in [-0.2, -0.15) is 0 Å². The summed E-state index contributed by atoms with van der Waals surface area (Å²) in [5, 5.41) is 4.02. The number of likely N-dealkylation sites (tertiary alicyclic amines) is 1. The van der Waals surface area contributed by atoms with Crippen molar-refractivity contribution in [1.29, 1.82) is 0 Å². The number of hydrogen-bond donors (Lipinski definition) is 1. The highest BCUT2D eigenvalue weighted by atomic mass is 35.5. The molecule has 0 radical (unpaired) electrons. The van der Waals surface area contributed by atoms with Gasteiger partial charge in [0.05, 0.1) is 11.6 Å². The molecule has 1 unspecified atom stereocenters. The Morgan fingerprint density at radius 1 is 1.16 bits per heavy atom. The lowest BCUT2D eigenvalue weighted by Gasteiger charge is -2.23. The Labute approximate surface area is 202 Å². The molecular formula is C23H32Cl3FN2O2. The maximum absolute atomic E-state index is 13.9. The summed E-state index contributed by atoms with van der Waals surface area (Å²) in [5.74, 6) is 0.744. The van der Waals surface area contributed by atoms with Crippen molar-refractivity contribution in [3.8, 4) is 11.5 Å². The highest BCUT2D eigenvalue weighted by Crippen LogP contribution is 2.37. The van der Waals surface area contributed by atoms with Crippen molar-refractivity contribution in [1.82, 2.24) is 10.2 Å². The fraction of sp³-hybridized carbons (Fsp3) is 0.478. The topological polar surface area (TPSA) is 33.7 Å². The van der Waals surface area contributed by atoms with Crippen LogP contribution >= 0.6 is 36.4 Å². The third-order valence-electron chi connectivity index (χ3n) is 5.31. The van der Waals surface area contributed by atoms with Crippen molar-refractivity contribution in [2.45, 2.75) is 45.9 Å². The molecule has 0 saturated carbocycles. The van der Waals surface area contributed by atoms with Gasteiger partial charge in [-0.05, 0) is 56.6 Å². The lowest BCUT2D eigenvalue weighted by Crippen LogP contribution is -2.37. The fourth-order valence-corrected chi connectivity index (χ4v) is 4.11. The zero-order valence-electron chi connectivity index (χ0n) is 18.0. The zero-order valence-corrected chi connectivity index (χ0v) is 20.4. The summed E-state index contributed by atoms with van der Waals surface area (Å²) in [6, 6.07) is 11.0. The molecule has 1 aliphatic heterocycles. The molecule has 4 nitrogen and oxygen atoms in total. The maximum Gasteiger partial charge on any atom is 0.180 e. The van der Waals surface area contributed by atoms with E-state index in [-0.39, 0.29) is 37.2 Å². The molecule has 1 N–H and O–H groups in total. The van der Waals surface area contributed by atoms with Crippen LogP contribution in [0.2, 0.25) is 5.02 Å². The number of benzene rings is 2. The largest absolute Gasteiger partial charge is 0.490 e. The summed E-state index contributed by atoms with van der Waals surface area (Å²) in [6.45, 7) is 8.68. The molecule has 174 valence electrons. The molecule has 31 heavy (non-hydrogen) atoms. The van der Waals surface area contributed by atoms with Crippen molar-refractivity contribution in [3.63, 3.8) is 0 Å². The normalized spacial score (nSPS) is 15.8. The van der Waals surface area contributed by atoms with E-state index in [2.05, 4.69) is 17.1 Å². The minimum absolute atomic E-state index is 0. The first-order valence-electron chi connectivity index (χ1n) is 10.4.